The maximum Gasteiger partial charge on any atom is 0.309 e. The van der Waals surface area contributed by atoms with Crippen molar-refractivity contribution in [2.24, 2.45) is 5.92 Å². The lowest BCUT2D eigenvalue weighted by atomic mass is 10.2. The third-order valence-electron chi connectivity index (χ3n) is 1.38. The molecule has 0 saturated carbocycles. The molecule has 0 aliphatic rings. The van der Waals surface area contributed by atoms with Crippen molar-refractivity contribution in [2.75, 3.05) is 12.9 Å². The number of nitrogens with zero attached hydrogens (tertiary/aromatic N) is 1. The molecule has 0 saturated heterocycles. The maximum absolute atomic E-state index is 10.9. The van der Waals surface area contributed by atoms with Gasteiger partial charge < -0.3 is 4.74 Å². The highest BCUT2D eigenvalue weighted by Crippen LogP contribution is 2.14. The predicted octanol–water partition coefficient (Wildman–Crippen LogP) is 1.44. The number of esters is 1. The fourth-order valence-electron chi connectivity index (χ4n) is 0.595. The molecule has 0 spiro atoms. The Morgan fingerprint density at radius 1 is 1.67 bits per heavy atom. The van der Waals surface area contributed by atoms with Crippen molar-refractivity contribution in [1.29, 1.82) is 5.26 Å². The van der Waals surface area contributed by atoms with Crippen LogP contribution in [0.5, 0.6) is 0 Å². The van der Waals surface area contributed by atoms with Crippen molar-refractivity contribution in [3.05, 3.63) is 0 Å². The Balaban J connectivity index is 3.65. The molecule has 0 aromatic rings. The van der Waals surface area contributed by atoms with E-state index >= 15 is 0 Å². The SMILES string of the molecule is COC(=O)C(C)CSC(C)C#N. The number of thioether (sulfide) groups is 1. The Labute approximate surface area is 77.1 Å². The number of hydrogen-bond donors (Lipinski definition) is 0. The first-order valence-corrected chi connectivity index (χ1v) is 4.75. The molecule has 2 atom stereocenters. The van der Waals surface area contributed by atoms with Crippen LogP contribution in [0.4, 0.5) is 0 Å². The van der Waals surface area contributed by atoms with E-state index in [-0.39, 0.29) is 17.1 Å². The molecule has 0 bridgehead atoms. The van der Waals surface area contributed by atoms with Crippen molar-refractivity contribution >= 4 is 17.7 Å². The predicted molar refractivity (Wildman–Crippen MR) is 48.7 cm³/mol. The number of methoxy groups -OCH3 is 1. The minimum Gasteiger partial charge on any atom is -0.469 e. The monoisotopic (exact) mass is 187 g/mol. The smallest absolute Gasteiger partial charge is 0.309 e. The molecular formula is C8H13NO2S. The van der Waals surface area contributed by atoms with Gasteiger partial charge in [-0.25, -0.2) is 0 Å². The van der Waals surface area contributed by atoms with Crippen LogP contribution in [0, 0.1) is 17.2 Å². The molecule has 12 heavy (non-hydrogen) atoms. The van der Waals surface area contributed by atoms with Crippen LogP contribution in [0.15, 0.2) is 0 Å². The molecular weight excluding hydrogens is 174 g/mol. The largest absolute Gasteiger partial charge is 0.469 e. The van der Waals surface area contributed by atoms with E-state index in [1.165, 1.54) is 18.9 Å². The van der Waals surface area contributed by atoms with Gasteiger partial charge in [-0.15, -0.1) is 11.8 Å². The molecule has 0 rings (SSSR count). The molecule has 0 aliphatic carbocycles. The van der Waals surface area contributed by atoms with Gasteiger partial charge in [0.2, 0.25) is 0 Å². The van der Waals surface area contributed by atoms with E-state index in [1.807, 2.05) is 6.92 Å². The molecule has 4 heteroatoms. The first kappa shape index (κ1) is 11.3. The maximum atomic E-state index is 10.9. The van der Waals surface area contributed by atoms with Crippen molar-refractivity contribution in [3.8, 4) is 6.07 Å². The van der Waals surface area contributed by atoms with Crippen LogP contribution in [-0.4, -0.2) is 24.1 Å². The van der Waals surface area contributed by atoms with Crippen molar-refractivity contribution in [3.63, 3.8) is 0 Å². The average molecular weight is 187 g/mol. The van der Waals surface area contributed by atoms with E-state index in [9.17, 15) is 4.79 Å². The van der Waals surface area contributed by atoms with Gasteiger partial charge in [-0.1, -0.05) is 6.92 Å². The van der Waals surface area contributed by atoms with E-state index in [4.69, 9.17) is 5.26 Å². The van der Waals surface area contributed by atoms with Gasteiger partial charge in [0.25, 0.3) is 0 Å². The first-order valence-electron chi connectivity index (χ1n) is 3.70. The number of ether oxygens (including phenoxy) is 1. The zero-order valence-corrected chi connectivity index (χ0v) is 8.35. The van der Waals surface area contributed by atoms with Crippen molar-refractivity contribution in [2.45, 2.75) is 19.1 Å². The molecule has 3 nitrogen and oxygen atoms in total. The second-order valence-electron chi connectivity index (χ2n) is 2.53. The van der Waals surface area contributed by atoms with E-state index in [1.54, 1.807) is 6.92 Å². The molecule has 0 amide bonds. The third-order valence-corrected chi connectivity index (χ3v) is 2.68. The molecule has 0 aliphatic heterocycles. The van der Waals surface area contributed by atoms with Crippen LogP contribution >= 0.6 is 11.8 Å². The van der Waals surface area contributed by atoms with Crippen LogP contribution in [0.2, 0.25) is 0 Å². The van der Waals surface area contributed by atoms with Crippen molar-refractivity contribution < 1.29 is 9.53 Å². The molecule has 0 aromatic heterocycles. The summed E-state index contributed by atoms with van der Waals surface area (Å²) in [5.41, 5.74) is 0. The summed E-state index contributed by atoms with van der Waals surface area (Å²) < 4.78 is 4.54. The Morgan fingerprint density at radius 2 is 2.25 bits per heavy atom. The van der Waals surface area contributed by atoms with Gasteiger partial charge in [0.05, 0.1) is 24.3 Å². The molecule has 0 radical (unpaired) electrons. The summed E-state index contributed by atoms with van der Waals surface area (Å²) in [6.07, 6.45) is 0. The molecule has 0 heterocycles. The Morgan fingerprint density at radius 3 is 2.67 bits per heavy atom. The van der Waals surface area contributed by atoms with Gasteiger partial charge in [-0.3, -0.25) is 4.79 Å². The van der Waals surface area contributed by atoms with Gasteiger partial charge in [0.1, 0.15) is 0 Å². The summed E-state index contributed by atoms with van der Waals surface area (Å²) in [6.45, 7) is 3.61. The highest BCUT2D eigenvalue weighted by Gasteiger charge is 2.14. The van der Waals surface area contributed by atoms with E-state index in [2.05, 4.69) is 10.8 Å². The van der Waals surface area contributed by atoms with E-state index < -0.39 is 0 Å². The Hall–Kier alpha value is -0.690. The fraction of sp³-hybridized carbons (Fsp3) is 0.750. The van der Waals surface area contributed by atoms with Gasteiger partial charge in [-0.2, -0.15) is 5.26 Å². The van der Waals surface area contributed by atoms with Crippen LogP contribution in [-0.2, 0) is 9.53 Å². The van der Waals surface area contributed by atoms with Crippen molar-refractivity contribution in [1.82, 2.24) is 0 Å². The molecule has 0 N–H and O–H groups in total. The van der Waals surface area contributed by atoms with E-state index in [0.717, 1.165) is 0 Å². The van der Waals surface area contributed by atoms with Crippen LogP contribution in [0.1, 0.15) is 13.8 Å². The highest BCUT2D eigenvalue weighted by molar-refractivity contribution is 8.00. The van der Waals surface area contributed by atoms with Crippen LogP contribution in [0.3, 0.4) is 0 Å². The van der Waals surface area contributed by atoms with Crippen LogP contribution < -0.4 is 0 Å². The molecule has 0 fully saturated rings. The second kappa shape index (κ2) is 5.90. The van der Waals surface area contributed by atoms with Gasteiger partial charge in [0.15, 0.2) is 0 Å². The summed E-state index contributed by atoms with van der Waals surface area (Å²) in [5, 5.41) is 8.40. The third kappa shape index (κ3) is 4.24. The summed E-state index contributed by atoms with van der Waals surface area (Å²) in [6, 6.07) is 2.09. The van der Waals surface area contributed by atoms with Gasteiger partial charge >= 0.3 is 5.97 Å². The second-order valence-corrected chi connectivity index (χ2v) is 3.90. The van der Waals surface area contributed by atoms with Gasteiger partial charge in [0, 0.05) is 5.75 Å². The lowest BCUT2D eigenvalue weighted by molar-refractivity contribution is -0.143. The normalized spacial score (nSPS) is 14.5. The number of nitriles is 1. The Bertz CT molecular complexity index is 188. The zero-order chi connectivity index (χ0) is 9.56. The lowest BCUT2D eigenvalue weighted by Gasteiger charge is -2.08. The number of hydrogen-bond acceptors (Lipinski definition) is 4. The molecule has 2 unspecified atom stereocenters. The summed E-state index contributed by atoms with van der Waals surface area (Å²) >= 11 is 1.47. The van der Waals surface area contributed by atoms with Crippen LogP contribution in [0.25, 0.3) is 0 Å². The fourth-order valence-corrected chi connectivity index (χ4v) is 1.38. The highest BCUT2D eigenvalue weighted by atomic mass is 32.2. The summed E-state index contributed by atoms with van der Waals surface area (Å²) in [7, 11) is 1.37. The lowest BCUT2D eigenvalue weighted by Crippen LogP contribution is -2.15. The summed E-state index contributed by atoms with van der Waals surface area (Å²) in [4.78, 5) is 10.9. The zero-order valence-electron chi connectivity index (χ0n) is 7.53. The first-order chi connectivity index (χ1) is 5.61. The molecule has 68 valence electrons. The number of carbonyl (C=O) groups is 1. The number of carbonyl (C=O) groups excluding carboxylic acids is 1. The number of rotatable bonds is 4. The van der Waals surface area contributed by atoms with E-state index in [0.29, 0.717) is 5.75 Å². The quantitative estimate of drug-likeness (QED) is 0.625. The molecule has 0 aromatic carbocycles. The Kier molecular flexibility index (Phi) is 5.56. The minimum atomic E-state index is -0.215. The average Bonchev–Trinajstić information content (AvgIpc) is 2.11. The topological polar surface area (TPSA) is 50.1 Å². The summed E-state index contributed by atoms with van der Waals surface area (Å²) in [5.74, 6) is 0.296. The van der Waals surface area contributed by atoms with Gasteiger partial charge in [-0.05, 0) is 6.92 Å². The minimum absolute atomic E-state index is 0.0582. The standard InChI is InChI=1S/C8H13NO2S/c1-6(8(10)11-3)5-12-7(2)4-9/h6-7H,5H2,1-3H3.